The van der Waals surface area contributed by atoms with Gasteiger partial charge in [-0.05, 0) is 0 Å². The highest BCUT2D eigenvalue weighted by Gasteiger charge is 2.21. The largest absolute Gasteiger partial charge is 0.480 e. The predicted molar refractivity (Wildman–Crippen MR) is 69.9 cm³/mol. The third kappa shape index (κ3) is 8.41. The molecule has 0 aromatic carbocycles. The molecule has 0 rings (SSSR count). The van der Waals surface area contributed by atoms with Gasteiger partial charge in [0.1, 0.15) is 6.04 Å². The molecule has 0 saturated carbocycles. The highest BCUT2D eigenvalue weighted by molar-refractivity contribution is 5.73. The Hall–Kier alpha value is -0.690. The fourth-order valence-electron chi connectivity index (χ4n) is 1.60. The summed E-state index contributed by atoms with van der Waals surface area (Å²) in [6.07, 6.45) is 0. The first-order chi connectivity index (χ1) is 8.51. The van der Waals surface area contributed by atoms with Crippen molar-refractivity contribution in [3.05, 3.63) is 0 Å². The number of hydrogen-bond donors (Lipinski definition) is 2. The van der Waals surface area contributed by atoms with E-state index in [1.165, 1.54) is 0 Å². The van der Waals surface area contributed by atoms with Crippen LogP contribution in [0.3, 0.4) is 0 Å². The van der Waals surface area contributed by atoms with Gasteiger partial charge in [0.05, 0.1) is 13.2 Å². The molecule has 18 heavy (non-hydrogen) atoms. The third-order valence-electron chi connectivity index (χ3n) is 2.50. The normalized spacial score (nSPS) is 13.2. The number of carboxylic acid groups (broad SMARTS) is 1. The number of carbonyl (C=O) groups is 1. The minimum Gasteiger partial charge on any atom is -0.480 e. The van der Waals surface area contributed by atoms with E-state index in [4.69, 9.17) is 9.47 Å². The van der Waals surface area contributed by atoms with Crippen LogP contribution in [0, 0.1) is 0 Å². The van der Waals surface area contributed by atoms with Crippen LogP contribution in [0.4, 0.5) is 0 Å². The van der Waals surface area contributed by atoms with Gasteiger partial charge in [0.2, 0.25) is 0 Å². The van der Waals surface area contributed by atoms with Gasteiger partial charge in [0.25, 0.3) is 0 Å². The number of ether oxygens (including phenoxy) is 2. The second-order valence-corrected chi connectivity index (χ2v) is 4.50. The minimum atomic E-state index is -0.830. The lowest BCUT2D eigenvalue weighted by atomic mass is 10.2. The molecule has 0 aliphatic carbocycles. The molecule has 108 valence electrons. The molecule has 0 bridgehead atoms. The van der Waals surface area contributed by atoms with Crippen LogP contribution in [0.1, 0.15) is 13.8 Å². The lowest BCUT2D eigenvalue weighted by molar-refractivity contribution is -0.140. The molecule has 0 aliphatic rings. The zero-order valence-electron chi connectivity index (χ0n) is 11.8. The monoisotopic (exact) mass is 262 g/mol. The maximum absolute atomic E-state index is 11.2. The maximum Gasteiger partial charge on any atom is 0.322 e. The number of hydrogen-bond acceptors (Lipinski definition) is 5. The second kappa shape index (κ2) is 10.3. The van der Waals surface area contributed by atoms with E-state index in [0.717, 1.165) is 0 Å². The molecular formula is C12H26N2O4. The highest BCUT2D eigenvalue weighted by Crippen LogP contribution is 1.96. The summed E-state index contributed by atoms with van der Waals surface area (Å²) in [6.45, 7) is 6.87. The van der Waals surface area contributed by atoms with Crippen molar-refractivity contribution in [3.8, 4) is 0 Å². The summed E-state index contributed by atoms with van der Waals surface area (Å²) < 4.78 is 10.1. The Balaban J connectivity index is 4.32. The van der Waals surface area contributed by atoms with Crippen LogP contribution in [0.25, 0.3) is 0 Å². The van der Waals surface area contributed by atoms with Crippen LogP contribution in [0.2, 0.25) is 0 Å². The number of nitrogens with one attached hydrogen (secondary N) is 1. The molecule has 0 spiro atoms. The first kappa shape index (κ1) is 17.3. The van der Waals surface area contributed by atoms with Gasteiger partial charge in [-0.2, -0.15) is 0 Å². The standard InChI is InChI=1S/C12H26N2O4/c1-10(2)13-11(12(15)16)9-14(5-7-17-3)6-8-18-4/h10-11,13H,5-9H2,1-4H3,(H,15,16). The van der Waals surface area contributed by atoms with Crippen molar-refractivity contribution in [3.63, 3.8) is 0 Å². The Morgan fingerprint density at radius 2 is 1.72 bits per heavy atom. The van der Waals surface area contributed by atoms with Gasteiger partial charge in [-0.3, -0.25) is 9.69 Å². The van der Waals surface area contributed by atoms with E-state index < -0.39 is 12.0 Å². The number of carboxylic acids is 1. The first-order valence-corrected chi connectivity index (χ1v) is 6.20. The summed E-state index contributed by atoms with van der Waals surface area (Å²) in [5.74, 6) is -0.830. The van der Waals surface area contributed by atoms with Crippen molar-refractivity contribution in [2.24, 2.45) is 0 Å². The summed E-state index contributed by atoms with van der Waals surface area (Å²) in [7, 11) is 3.27. The van der Waals surface area contributed by atoms with Crippen molar-refractivity contribution in [1.82, 2.24) is 10.2 Å². The molecule has 0 aliphatic heterocycles. The first-order valence-electron chi connectivity index (χ1n) is 6.20. The third-order valence-corrected chi connectivity index (χ3v) is 2.50. The molecular weight excluding hydrogens is 236 g/mol. The van der Waals surface area contributed by atoms with Crippen LogP contribution in [0.5, 0.6) is 0 Å². The maximum atomic E-state index is 11.2. The Morgan fingerprint density at radius 1 is 1.22 bits per heavy atom. The van der Waals surface area contributed by atoms with E-state index in [0.29, 0.717) is 32.8 Å². The van der Waals surface area contributed by atoms with Gasteiger partial charge in [0, 0.05) is 39.9 Å². The van der Waals surface area contributed by atoms with E-state index in [9.17, 15) is 9.90 Å². The molecule has 0 aromatic heterocycles. The Morgan fingerprint density at radius 3 is 2.06 bits per heavy atom. The lowest BCUT2D eigenvalue weighted by Crippen LogP contribution is -2.49. The zero-order valence-corrected chi connectivity index (χ0v) is 11.8. The molecule has 0 radical (unpaired) electrons. The number of methoxy groups -OCH3 is 2. The summed E-state index contributed by atoms with van der Waals surface area (Å²) >= 11 is 0. The van der Waals surface area contributed by atoms with Gasteiger partial charge in [0.15, 0.2) is 0 Å². The molecule has 2 N–H and O–H groups in total. The van der Waals surface area contributed by atoms with E-state index in [1.54, 1.807) is 14.2 Å². The van der Waals surface area contributed by atoms with Gasteiger partial charge in [-0.15, -0.1) is 0 Å². The van der Waals surface area contributed by atoms with Crippen LogP contribution in [-0.4, -0.2) is 75.1 Å². The number of aliphatic carboxylic acids is 1. The Labute approximate surface area is 109 Å². The SMILES string of the molecule is COCCN(CCOC)CC(NC(C)C)C(=O)O. The summed E-state index contributed by atoms with van der Waals surface area (Å²) in [6, 6.07) is -0.434. The molecule has 0 saturated heterocycles. The van der Waals surface area contributed by atoms with E-state index in [1.807, 2.05) is 18.7 Å². The smallest absolute Gasteiger partial charge is 0.322 e. The predicted octanol–water partition coefficient (Wildman–Crippen LogP) is 0.0324. The van der Waals surface area contributed by atoms with Crippen LogP contribution >= 0.6 is 0 Å². The Bertz CT molecular complexity index is 216. The van der Waals surface area contributed by atoms with Crippen molar-refractivity contribution in [1.29, 1.82) is 0 Å². The molecule has 0 aromatic rings. The van der Waals surface area contributed by atoms with Gasteiger partial charge in [-0.25, -0.2) is 0 Å². The molecule has 6 heteroatoms. The van der Waals surface area contributed by atoms with E-state index >= 15 is 0 Å². The average Bonchev–Trinajstić information content (AvgIpc) is 2.30. The quantitative estimate of drug-likeness (QED) is 0.547. The van der Waals surface area contributed by atoms with Crippen LogP contribution in [-0.2, 0) is 14.3 Å². The van der Waals surface area contributed by atoms with Crippen molar-refractivity contribution in [2.45, 2.75) is 25.9 Å². The zero-order chi connectivity index (χ0) is 14.0. The van der Waals surface area contributed by atoms with Crippen molar-refractivity contribution < 1.29 is 19.4 Å². The number of rotatable bonds is 11. The van der Waals surface area contributed by atoms with Crippen LogP contribution in [0.15, 0.2) is 0 Å². The Kier molecular flexibility index (Phi) is 9.86. The van der Waals surface area contributed by atoms with Gasteiger partial charge in [-0.1, -0.05) is 13.8 Å². The van der Waals surface area contributed by atoms with Crippen LogP contribution < -0.4 is 5.32 Å². The highest BCUT2D eigenvalue weighted by atomic mass is 16.5. The van der Waals surface area contributed by atoms with E-state index in [-0.39, 0.29) is 6.04 Å². The molecule has 0 fully saturated rings. The lowest BCUT2D eigenvalue weighted by Gasteiger charge is -2.26. The summed E-state index contributed by atoms with van der Waals surface area (Å²) in [5, 5.41) is 12.2. The average molecular weight is 262 g/mol. The molecule has 6 nitrogen and oxygen atoms in total. The van der Waals surface area contributed by atoms with Crippen molar-refractivity contribution in [2.75, 3.05) is 47.1 Å². The van der Waals surface area contributed by atoms with Gasteiger partial charge >= 0.3 is 5.97 Å². The van der Waals surface area contributed by atoms with Crippen molar-refractivity contribution >= 4 is 5.97 Å². The second-order valence-electron chi connectivity index (χ2n) is 4.50. The summed E-state index contributed by atoms with van der Waals surface area (Å²) in [5.41, 5.74) is 0. The fraction of sp³-hybridized carbons (Fsp3) is 0.917. The topological polar surface area (TPSA) is 71.0 Å². The van der Waals surface area contributed by atoms with E-state index in [2.05, 4.69) is 5.32 Å². The number of nitrogens with zero attached hydrogens (tertiary/aromatic N) is 1. The molecule has 0 heterocycles. The van der Waals surface area contributed by atoms with Gasteiger partial charge < -0.3 is 19.9 Å². The summed E-state index contributed by atoms with van der Waals surface area (Å²) in [4.78, 5) is 13.2. The minimum absolute atomic E-state index is 0.137. The fourth-order valence-corrected chi connectivity index (χ4v) is 1.60. The molecule has 0 amide bonds. The molecule has 1 atom stereocenters. The molecule has 1 unspecified atom stereocenters.